The third-order valence-electron chi connectivity index (χ3n) is 6.07. The number of carboxylic acids is 1. The van der Waals surface area contributed by atoms with Crippen molar-refractivity contribution < 1.29 is 28.8 Å². The molecule has 1 heterocycles. The molecule has 4 rings (SSSR count). The maximum atomic E-state index is 12.8. The van der Waals surface area contributed by atoms with E-state index in [1.165, 1.54) is 6.26 Å². The Labute approximate surface area is 240 Å². The van der Waals surface area contributed by atoms with Gasteiger partial charge in [-0.2, -0.15) is 0 Å². The molecule has 0 fully saturated rings. The first-order chi connectivity index (χ1) is 19.2. The lowest BCUT2D eigenvalue weighted by Crippen LogP contribution is -2.42. The zero-order valence-corrected chi connectivity index (χ0v) is 22.8. The number of benzene rings is 3. The summed E-state index contributed by atoms with van der Waals surface area (Å²) in [6.07, 6.45) is 0.312. The zero-order valence-electron chi connectivity index (χ0n) is 21.3. The van der Waals surface area contributed by atoms with Gasteiger partial charge in [0.25, 0.3) is 5.91 Å². The minimum absolute atomic E-state index is 0.0835. The van der Waals surface area contributed by atoms with Crippen molar-refractivity contribution in [1.29, 1.82) is 0 Å². The number of nitrogens with zero attached hydrogens (tertiary/aromatic N) is 1. The van der Waals surface area contributed by atoms with Crippen LogP contribution in [0.2, 0.25) is 10.0 Å². The number of aromatic nitrogens is 1. The topological polar surface area (TPSA) is 131 Å². The molecule has 3 N–H and O–H groups in total. The highest BCUT2D eigenvalue weighted by molar-refractivity contribution is 6.31. The molecule has 0 aliphatic carbocycles. The Morgan fingerprint density at radius 3 is 2.38 bits per heavy atom. The van der Waals surface area contributed by atoms with Crippen molar-refractivity contribution in [2.45, 2.75) is 32.0 Å². The first kappa shape index (κ1) is 28.7. The minimum Gasteiger partial charge on any atom is -0.480 e. The predicted molar refractivity (Wildman–Crippen MR) is 149 cm³/mol. The van der Waals surface area contributed by atoms with Crippen molar-refractivity contribution in [3.63, 3.8) is 0 Å². The van der Waals surface area contributed by atoms with Crippen LogP contribution in [-0.4, -0.2) is 34.3 Å². The third-order valence-corrected chi connectivity index (χ3v) is 6.67. The molecule has 0 saturated carbocycles. The molecule has 40 heavy (non-hydrogen) atoms. The van der Waals surface area contributed by atoms with Gasteiger partial charge in [-0.05, 0) is 42.8 Å². The number of carboxylic acid groups (broad SMARTS) is 1. The highest BCUT2D eigenvalue weighted by Crippen LogP contribution is 2.26. The van der Waals surface area contributed by atoms with Gasteiger partial charge >= 0.3 is 12.1 Å². The molecule has 206 valence electrons. The molecule has 11 heteroatoms. The summed E-state index contributed by atoms with van der Waals surface area (Å²) in [5, 5.41) is 19.9. The van der Waals surface area contributed by atoms with E-state index in [0.29, 0.717) is 32.4 Å². The van der Waals surface area contributed by atoms with Crippen LogP contribution in [0.25, 0.3) is 11.3 Å². The van der Waals surface area contributed by atoms with Crippen LogP contribution in [0.3, 0.4) is 0 Å². The Kier molecular flexibility index (Phi) is 9.42. The van der Waals surface area contributed by atoms with Gasteiger partial charge in [-0.25, -0.2) is 9.59 Å². The standard InChI is InChI=1S/C29H25Cl2N3O6/c1-17(23-4-2-3-5-24(23)31)40-29(38)32-15-21-16-39-34-26(21)19-8-10-20(11-9-19)27(35)33-25(28(36)37)14-18-6-12-22(30)13-7-18/h2-13,16-17,25H,14-15H2,1H3,(H,32,38)(H,33,35)(H,36,37). The molecule has 3 aromatic carbocycles. The molecule has 9 nitrogen and oxygen atoms in total. The molecule has 0 spiro atoms. The Bertz CT molecular complexity index is 1490. The molecule has 4 aromatic rings. The van der Waals surface area contributed by atoms with Crippen molar-refractivity contribution in [3.05, 3.63) is 111 Å². The summed E-state index contributed by atoms with van der Waals surface area (Å²) in [5.41, 5.74) is 3.38. The van der Waals surface area contributed by atoms with Gasteiger partial charge in [0.2, 0.25) is 0 Å². The summed E-state index contributed by atoms with van der Waals surface area (Å²) in [6, 6.07) is 19.1. The maximum absolute atomic E-state index is 12.8. The van der Waals surface area contributed by atoms with Gasteiger partial charge < -0.3 is 25.0 Å². The Morgan fingerprint density at radius 1 is 1.00 bits per heavy atom. The largest absolute Gasteiger partial charge is 0.480 e. The summed E-state index contributed by atoms with van der Waals surface area (Å²) in [7, 11) is 0. The second-order valence-electron chi connectivity index (χ2n) is 8.88. The Balaban J connectivity index is 1.35. The summed E-state index contributed by atoms with van der Waals surface area (Å²) in [5.74, 6) is -1.69. The fourth-order valence-corrected chi connectivity index (χ4v) is 4.35. The number of halogens is 2. The van der Waals surface area contributed by atoms with Crippen LogP contribution in [0.4, 0.5) is 4.79 Å². The van der Waals surface area contributed by atoms with E-state index in [1.54, 1.807) is 73.7 Å². The SMILES string of the molecule is CC(OC(=O)NCc1conc1-c1ccc(C(=O)NC(Cc2ccc(Cl)cc2)C(=O)O)cc1)c1ccccc1Cl. The zero-order chi connectivity index (χ0) is 28.6. The lowest BCUT2D eigenvalue weighted by atomic mass is 10.0. The highest BCUT2D eigenvalue weighted by atomic mass is 35.5. The molecule has 2 atom stereocenters. The predicted octanol–water partition coefficient (Wildman–Crippen LogP) is 6.06. The monoisotopic (exact) mass is 581 g/mol. The number of aliphatic carboxylic acids is 1. The van der Waals surface area contributed by atoms with E-state index in [2.05, 4.69) is 15.8 Å². The summed E-state index contributed by atoms with van der Waals surface area (Å²) in [6.45, 7) is 1.81. The molecule has 2 amide bonds. The van der Waals surface area contributed by atoms with E-state index in [4.69, 9.17) is 32.5 Å². The van der Waals surface area contributed by atoms with Crippen molar-refractivity contribution in [3.8, 4) is 11.3 Å². The highest BCUT2D eigenvalue weighted by Gasteiger charge is 2.22. The normalized spacial score (nSPS) is 12.3. The number of amides is 2. The molecule has 0 saturated heterocycles. The summed E-state index contributed by atoms with van der Waals surface area (Å²) >= 11 is 12.1. The van der Waals surface area contributed by atoms with E-state index in [-0.39, 0.29) is 18.5 Å². The Morgan fingerprint density at radius 2 is 1.70 bits per heavy atom. The second kappa shape index (κ2) is 13.1. The van der Waals surface area contributed by atoms with Crippen molar-refractivity contribution in [2.24, 2.45) is 0 Å². The lowest BCUT2D eigenvalue weighted by Gasteiger charge is -2.15. The molecule has 0 radical (unpaired) electrons. The molecule has 0 aliphatic rings. The number of carbonyl (C=O) groups excluding carboxylic acids is 2. The molecule has 1 aromatic heterocycles. The minimum atomic E-state index is -1.15. The van der Waals surface area contributed by atoms with Crippen molar-refractivity contribution >= 4 is 41.2 Å². The van der Waals surface area contributed by atoms with Gasteiger partial charge in [-0.1, -0.05) is 70.8 Å². The number of hydrogen-bond donors (Lipinski definition) is 3. The van der Waals surface area contributed by atoms with Gasteiger partial charge in [0.05, 0.1) is 6.54 Å². The molecule has 2 unspecified atom stereocenters. The quantitative estimate of drug-likeness (QED) is 0.207. The molecular weight excluding hydrogens is 557 g/mol. The van der Waals surface area contributed by atoms with Crippen LogP contribution in [0.5, 0.6) is 0 Å². The fourth-order valence-electron chi connectivity index (χ4n) is 3.94. The molecule has 0 bridgehead atoms. The van der Waals surface area contributed by atoms with E-state index < -0.39 is 30.1 Å². The van der Waals surface area contributed by atoms with Crippen LogP contribution in [0.1, 0.15) is 40.1 Å². The first-order valence-electron chi connectivity index (χ1n) is 12.2. The van der Waals surface area contributed by atoms with Crippen molar-refractivity contribution in [2.75, 3.05) is 0 Å². The number of nitrogens with one attached hydrogen (secondary N) is 2. The first-order valence-corrected chi connectivity index (χ1v) is 13.0. The van der Waals surface area contributed by atoms with Crippen LogP contribution in [-0.2, 0) is 22.5 Å². The Hall–Kier alpha value is -4.34. The number of ether oxygens (including phenoxy) is 1. The third kappa shape index (κ3) is 7.40. The van der Waals surface area contributed by atoms with Gasteiger partial charge in [0.1, 0.15) is 24.1 Å². The molecule has 0 aliphatic heterocycles. The van der Waals surface area contributed by atoms with Crippen LogP contribution < -0.4 is 10.6 Å². The number of carbonyl (C=O) groups is 3. The van der Waals surface area contributed by atoms with E-state index in [0.717, 1.165) is 5.56 Å². The van der Waals surface area contributed by atoms with E-state index >= 15 is 0 Å². The van der Waals surface area contributed by atoms with Crippen LogP contribution in [0, 0.1) is 0 Å². The summed E-state index contributed by atoms with van der Waals surface area (Å²) in [4.78, 5) is 36.8. The average Bonchev–Trinajstić information content (AvgIpc) is 3.41. The van der Waals surface area contributed by atoms with Crippen molar-refractivity contribution in [1.82, 2.24) is 15.8 Å². The van der Waals surface area contributed by atoms with E-state index in [9.17, 15) is 19.5 Å². The fraction of sp³-hybridized carbons (Fsp3) is 0.172. The van der Waals surface area contributed by atoms with Gasteiger partial charge in [0.15, 0.2) is 0 Å². The van der Waals surface area contributed by atoms with Gasteiger partial charge in [-0.3, -0.25) is 4.79 Å². The van der Waals surface area contributed by atoms with Gasteiger partial charge in [-0.15, -0.1) is 0 Å². The number of alkyl carbamates (subject to hydrolysis) is 1. The summed E-state index contributed by atoms with van der Waals surface area (Å²) < 4.78 is 10.5. The van der Waals surface area contributed by atoms with E-state index in [1.807, 2.05) is 6.07 Å². The van der Waals surface area contributed by atoms with Gasteiger partial charge in [0, 0.05) is 38.7 Å². The van der Waals surface area contributed by atoms with Crippen LogP contribution >= 0.6 is 23.2 Å². The van der Waals surface area contributed by atoms with Crippen LogP contribution in [0.15, 0.2) is 83.6 Å². The second-order valence-corrected chi connectivity index (χ2v) is 9.73. The lowest BCUT2D eigenvalue weighted by molar-refractivity contribution is -0.139. The maximum Gasteiger partial charge on any atom is 0.408 e. The number of hydrogen-bond acceptors (Lipinski definition) is 6. The smallest absolute Gasteiger partial charge is 0.408 e. The molecular formula is C29H25Cl2N3O6. The number of rotatable bonds is 10. The average molecular weight is 582 g/mol.